The van der Waals surface area contributed by atoms with Gasteiger partial charge in [-0.15, -0.1) is 0 Å². The van der Waals surface area contributed by atoms with Gasteiger partial charge in [-0.3, -0.25) is 0 Å². The van der Waals surface area contributed by atoms with Gasteiger partial charge in [-0.25, -0.2) is 4.79 Å². The largest absolute Gasteiger partial charge is 0.463 e. The molecule has 0 fully saturated rings. The SMILES string of the molecule is CCOC(=O)/C=C/c1ccc(/C=C/CO)cc1. The fraction of sp³-hybridized carbons (Fsp3) is 0.214. The molecule has 0 saturated carbocycles. The molecule has 17 heavy (non-hydrogen) atoms. The number of carbonyl (C=O) groups excluding carboxylic acids is 1. The molecule has 0 saturated heterocycles. The van der Waals surface area contributed by atoms with Crippen molar-refractivity contribution in [2.45, 2.75) is 6.92 Å². The summed E-state index contributed by atoms with van der Waals surface area (Å²) >= 11 is 0. The Balaban J connectivity index is 2.62. The van der Waals surface area contributed by atoms with Crippen LogP contribution in [0.15, 0.2) is 36.4 Å². The minimum absolute atomic E-state index is 0.0323. The van der Waals surface area contributed by atoms with Crippen LogP contribution in [0.1, 0.15) is 18.1 Å². The highest BCUT2D eigenvalue weighted by atomic mass is 16.5. The average Bonchev–Trinajstić information content (AvgIpc) is 2.35. The quantitative estimate of drug-likeness (QED) is 0.625. The van der Waals surface area contributed by atoms with Crippen LogP contribution in [0.5, 0.6) is 0 Å². The van der Waals surface area contributed by atoms with Crippen LogP contribution in [-0.4, -0.2) is 24.3 Å². The average molecular weight is 232 g/mol. The summed E-state index contributed by atoms with van der Waals surface area (Å²) in [5.74, 6) is -0.336. The second-order valence-electron chi connectivity index (χ2n) is 3.34. The molecule has 0 aromatic heterocycles. The summed E-state index contributed by atoms with van der Waals surface area (Å²) in [6, 6.07) is 7.62. The third kappa shape index (κ3) is 5.13. The molecule has 0 radical (unpaired) electrons. The lowest BCUT2D eigenvalue weighted by molar-refractivity contribution is -0.137. The Labute approximate surface area is 101 Å². The summed E-state index contributed by atoms with van der Waals surface area (Å²) in [7, 11) is 0. The molecule has 0 amide bonds. The maximum atomic E-state index is 11.1. The maximum Gasteiger partial charge on any atom is 0.330 e. The molecule has 0 unspecified atom stereocenters. The number of aliphatic hydroxyl groups excluding tert-OH is 1. The molecule has 0 heterocycles. The van der Waals surface area contributed by atoms with Gasteiger partial charge in [-0.1, -0.05) is 36.4 Å². The first kappa shape index (κ1) is 13.2. The van der Waals surface area contributed by atoms with Gasteiger partial charge in [0.05, 0.1) is 13.2 Å². The smallest absolute Gasteiger partial charge is 0.330 e. The van der Waals surface area contributed by atoms with Crippen molar-refractivity contribution < 1.29 is 14.6 Å². The van der Waals surface area contributed by atoms with Crippen molar-refractivity contribution in [1.29, 1.82) is 0 Å². The molecule has 1 aromatic rings. The standard InChI is InChI=1S/C14H16O3/c1-2-17-14(16)10-9-13-7-5-12(6-8-13)4-3-11-15/h3-10,15H,2,11H2,1H3/b4-3+,10-9+. The Hall–Kier alpha value is -1.87. The molecule has 0 atom stereocenters. The first-order valence-corrected chi connectivity index (χ1v) is 5.48. The van der Waals surface area contributed by atoms with Gasteiger partial charge in [0, 0.05) is 6.08 Å². The van der Waals surface area contributed by atoms with Gasteiger partial charge < -0.3 is 9.84 Å². The molecule has 1 N–H and O–H groups in total. The lowest BCUT2D eigenvalue weighted by atomic mass is 10.1. The summed E-state index contributed by atoms with van der Waals surface area (Å²) in [5.41, 5.74) is 1.94. The van der Waals surface area contributed by atoms with Gasteiger partial charge in [0.25, 0.3) is 0 Å². The van der Waals surface area contributed by atoms with Crippen LogP contribution in [0.3, 0.4) is 0 Å². The van der Waals surface area contributed by atoms with E-state index in [0.29, 0.717) is 6.61 Å². The lowest BCUT2D eigenvalue weighted by Gasteiger charge is -1.97. The summed E-state index contributed by atoms with van der Waals surface area (Å²) in [5, 5.41) is 8.63. The topological polar surface area (TPSA) is 46.5 Å². The van der Waals surface area contributed by atoms with Crippen LogP contribution in [0, 0.1) is 0 Å². The number of hydrogen-bond donors (Lipinski definition) is 1. The minimum atomic E-state index is -0.336. The molecule has 0 aliphatic carbocycles. The van der Waals surface area contributed by atoms with Crippen LogP contribution in [-0.2, 0) is 9.53 Å². The first-order chi connectivity index (χ1) is 8.26. The monoisotopic (exact) mass is 232 g/mol. The van der Waals surface area contributed by atoms with Crippen molar-refractivity contribution in [3.63, 3.8) is 0 Å². The Morgan fingerprint density at radius 3 is 2.35 bits per heavy atom. The van der Waals surface area contributed by atoms with Crippen molar-refractivity contribution in [2.24, 2.45) is 0 Å². The molecular formula is C14H16O3. The molecule has 3 heteroatoms. The molecule has 90 valence electrons. The lowest BCUT2D eigenvalue weighted by Crippen LogP contribution is -1.98. The van der Waals surface area contributed by atoms with E-state index in [9.17, 15) is 4.79 Å². The van der Waals surface area contributed by atoms with Crippen molar-refractivity contribution >= 4 is 18.1 Å². The Morgan fingerprint density at radius 2 is 1.82 bits per heavy atom. The van der Waals surface area contributed by atoms with Crippen LogP contribution < -0.4 is 0 Å². The fourth-order valence-corrected chi connectivity index (χ4v) is 1.26. The van der Waals surface area contributed by atoms with Gasteiger partial charge in [-0.05, 0) is 24.1 Å². The first-order valence-electron chi connectivity index (χ1n) is 5.48. The number of carbonyl (C=O) groups is 1. The van der Waals surface area contributed by atoms with E-state index in [4.69, 9.17) is 9.84 Å². The van der Waals surface area contributed by atoms with E-state index in [1.54, 1.807) is 19.1 Å². The summed E-state index contributed by atoms with van der Waals surface area (Å²) in [6.07, 6.45) is 6.61. The van der Waals surface area contributed by atoms with Crippen LogP contribution in [0.2, 0.25) is 0 Å². The predicted molar refractivity (Wildman–Crippen MR) is 68.2 cm³/mol. The highest BCUT2D eigenvalue weighted by Crippen LogP contribution is 2.07. The normalized spacial score (nSPS) is 11.2. The van der Waals surface area contributed by atoms with E-state index in [2.05, 4.69) is 0 Å². The van der Waals surface area contributed by atoms with Crippen LogP contribution >= 0.6 is 0 Å². The molecule has 0 aliphatic heterocycles. The van der Waals surface area contributed by atoms with Crippen molar-refractivity contribution in [2.75, 3.05) is 13.2 Å². The number of rotatable bonds is 5. The third-order valence-electron chi connectivity index (χ3n) is 2.05. The number of esters is 1. The maximum absolute atomic E-state index is 11.1. The molecule has 0 bridgehead atoms. The highest BCUT2D eigenvalue weighted by molar-refractivity contribution is 5.87. The van der Waals surface area contributed by atoms with Gasteiger partial charge >= 0.3 is 5.97 Å². The van der Waals surface area contributed by atoms with Gasteiger partial charge in [0.1, 0.15) is 0 Å². The zero-order chi connectivity index (χ0) is 12.5. The zero-order valence-corrected chi connectivity index (χ0v) is 9.80. The van der Waals surface area contributed by atoms with E-state index in [1.807, 2.05) is 30.3 Å². The molecule has 1 rings (SSSR count). The third-order valence-corrected chi connectivity index (χ3v) is 2.05. The predicted octanol–water partition coefficient (Wildman–Crippen LogP) is 2.27. The van der Waals surface area contributed by atoms with Crippen molar-refractivity contribution in [1.82, 2.24) is 0 Å². The summed E-state index contributed by atoms with van der Waals surface area (Å²) < 4.78 is 4.78. The van der Waals surface area contributed by atoms with Crippen LogP contribution in [0.25, 0.3) is 12.2 Å². The highest BCUT2D eigenvalue weighted by Gasteiger charge is 1.93. The van der Waals surface area contributed by atoms with Gasteiger partial charge in [0.2, 0.25) is 0 Å². The van der Waals surface area contributed by atoms with Gasteiger partial charge in [0.15, 0.2) is 0 Å². The minimum Gasteiger partial charge on any atom is -0.463 e. The zero-order valence-electron chi connectivity index (χ0n) is 9.80. The van der Waals surface area contributed by atoms with E-state index >= 15 is 0 Å². The van der Waals surface area contributed by atoms with E-state index in [1.165, 1.54) is 6.08 Å². The van der Waals surface area contributed by atoms with E-state index < -0.39 is 0 Å². The van der Waals surface area contributed by atoms with Crippen molar-refractivity contribution in [3.8, 4) is 0 Å². The Bertz CT molecular complexity index is 402. The molecule has 0 aliphatic rings. The Kier molecular flexibility index (Phi) is 5.75. The van der Waals surface area contributed by atoms with Crippen molar-refractivity contribution in [3.05, 3.63) is 47.5 Å². The van der Waals surface area contributed by atoms with Gasteiger partial charge in [-0.2, -0.15) is 0 Å². The number of ether oxygens (including phenoxy) is 1. The molecule has 1 aromatic carbocycles. The van der Waals surface area contributed by atoms with Crippen LogP contribution in [0.4, 0.5) is 0 Å². The molecule has 0 spiro atoms. The number of aliphatic hydroxyl groups is 1. The Morgan fingerprint density at radius 1 is 1.24 bits per heavy atom. The second-order valence-corrected chi connectivity index (χ2v) is 3.34. The molecule has 3 nitrogen and oxygen atoms in total. The molecular weight excluding hydrogens is 216 g/mol. The fourth-order valence-electron chi connectivity index (χ4n) is 1.26. The van der Waals surface area contributed by atoms with E-state index in [0.717, 1.165) is 11.1 Å². The number of benzene rings is 1. The number of hydrogen-bond acceptors (Lipinski definition) is 3. The van der Waals surface area contributed by atoms with E-state index in [-0.39, 0.29) is 12.6 Å². The summed E-state index contributed by atoms with van der Waals surface area (Å²) in [6.45, 7) is 2.19. The summed E-state index contributed by atoms with van der Waals surface area (Å²) in [4.78, 5) is 11.1. The second kappa shape index (κ2) is 7.41.